The Bertz CT molecular complexity index is 758. The van der Waals surface area contributed by atoms with Gasteiger partial charge in [-0.1, -0.05) is 0 Å². The molecule has 114 valence electrons. The topological polar surface area (TPSA) is 62.5 Å². The molecule has 0 bridgehead atoms. The Balaban J connectivity index is 1.61. The van der Waals surface area contributed by atoms with E-state index in [-0.39, 0.29) is 5.91 Å². The minimum Gasteiger partial charge on any atom is -0.466 e. The van der Waals surface area contributed by atoms with Crippen LogP contribution in [0.2, 0.25) is 0 Å². The summed E-state index contributed by atoms with van der Waals surface area (Å²) in [5.74, 6) is 0.450. The second kappa shape index (κ2) is 6.48. The van der Waals surface area contributed by atoms with Crippen LogP contribution in [0.1, 0.15) is 36.9 Å². The first kappa shape index (κ1) is 15.0. The number of furan rings is 1. The second-order valence-corrected chi connectivity index (χ2v) is 7.00. The van der Waals surface area contributed by atoms with Gasteiger partial charge in [-0.05, 0) is 48.2 Å². The molecule has 0 radical (unpaired) electrons. The lowest BCUT2D eigenvalue weighted by Gasteiger charge is -2.04. The van der Waals surface area contributed by atoms with E-state index in [4.69, 9.17) is 4.42 Å². The number of aliphatic hydroxyl groups is 1. The number of aryl methyl sites for hydroxylation is 1. The zero-order valence-corrected chi connectivity index (χ0v) is 13.5. The molecule has 1 unspecified atom stereocenters. The number of hydrogen-bond donors (Lipinski definition) is 2. The third-order valence-electron chi connectivity index (χ3n) is 3.14. The standard InChI is InChI=1S/C16H15NO3S2/c1-10-7-14(21-9-10)16(19)17-8-11-4-5-13(22-11)15(18)12-3-2-6-20-12/h2-7,9,15,18H,8H2,1H3,(H,17,19). The minimum absolute atomic E-state index is 0.0698. The summed E-state index contributed by atoms with van der Waals surface area (Å²) in [4.78, 5) is 14.5. The van der Waals surface area contributed by atoms with Crippen LogP contribution < -0.4 is 5.32 Å². The van der Waals surface area contributed by atoms with Gasteiger partial charge in [-0.3, -0.25) is 4.79 Å². The van der Waals surface area contributed by atoms with Crippen LogP contribution in [0.5, 0.6) is 0 Å². The molecule has 3 rings (SSSR count). The predicted molar refractivity (Wildman–Crippen MR) is 87.3 cm³/mol. The van der Waals surface area contributed by atoms with E-state index < -0.39 is 6.10 Å². The highest BCUT2D eigenvalue weighted by atomic mass is 32.1. The lowest BCUT2D eigenvalue weighted by Crippen LogP contribution is -2.21. The molecule has 22 heavy (non-hydrogen) atoms. The van der Waals surface area contributed by atoms with Crippen molar-refractivity contribution >= 4 is 28.6 Å². The van der Waals surface area contributed by atoms with Gasteiger partial charge < -0.3 is 14.8 Å². The summed E-state index contributed by atoms with van der Waals surface area (Å²) in [5, 5.41) is 15.0. The highest BCUT2D eigenvalue weighted by Crippen LogP contribution is 2.28. The van der Waals surface area contributed by atoms with Crippen LogP contribution in [0.15, 0.2) is 46.4 Å². The molecule has 0 aliphatic carbocycles. The Kier molecular flexibility index (Phi) is 4.42. The van der Waals surface area contributed by atoms with Crippen molar-refractivity contribution in [3.05, 3.63) is 67.9 Å². The molecule has 0 aliphatic heterocycles. The van der Waals surface area contributed by atoms with Crippen molar-refractivity contribution in [2.75, 3.05) is 0 Å². The Morgan fingerprint density at radius 2 is 2.27 bits per heavy atom. The van der Waals surface area contributed by atoms with Crippen molar-refractivity contribution in [3.63, 3.8) is 0 Å². The summed E-state index contributed by atoms with van der Waals surface area (Å²) in [6.45, 7) is 2.42. The predicted octanol–water partition coefficient (Wildman–Crippen LogP) is 3.72. The van der Waals surface area contributed by atoms with Gasteiger partial charge in [0.25, 0.3) is 5.91 Å². The van der Waals surface area contributed by atoms with E-state index in [1.54, 1.807) is 12.1 Å². The zero-order valence-electron chi connectivity index (χ0n) is 11.9. The largest absolute Gasteiger partial charge is 0.466 e. The van der Waals surface area contributed by atoms with Crippen LogP contribution in [0.25, 0.3) is 0 Å². The zero-order chi connectivity index (χ0) is 15.5. The van der Waals surface area contributed by atoms with Crippen LogP contribution >= 0.6 is 22.7 Å². The summed E-state index contributed by atoms with van der Waals surface area (Å²) in [6, 6.07) is 9.13. The number of carbonyl (C=O) groups excluding carboxylic acids is 1. The SMILES string of the molecule is Cc1csc(C(=O)NCc2ccc(C(O)c3ccco3)s2)c1. The van der Waals surface area contributed by atoms with Crippen LogP contribution in [0, 0.1) is 6.92 Å². The van der Waals surface area contributed by atoms with Gasteiger partial charge in [0.2, 0.25) is 0 Å². The van der Waals surface area contributed by atoms with Gasteiger partial charge in [0.15, 0.2) is 0 Å². The first-order valence-corrected chi connectivity index (χ1v) is 8.46. The van der Waals surface area contributed by atoms with E-state index in [9.17, 15) is 9.90 Å². The Morgan fingerprint density at radius 1 is 1.41 bits per heavy atom. The number of hydrogen-bond acceptors (Lipinski definition) is 5. The van der Waals surface area contributed by atoms with Crippen molar-refractivity contribution in [1.82, 2.24) is 5.32 Å². The Hall–Kier alpha value is -1.89. The highest BCUT2D eigenvalue weighted by molar-refractivity contribution is 7.12. The van der Waals surface area contributed by atoms with Gasteiger partial charge in [-0.15, -0.1) is 22.7 Å². The van der Waals surface area contributed by atoms with Gasteiger partial charge >= 0.3 is 0 Å². The summed E-state index contributed by atoms with van der Waals surface area (Å²) >= 11 is 2.90. The monoisotopic (exact) mass is 333 g/mol. The van der Waals surface area contributed by atoms with Crippen LogP contribution in [0.3, 0.4) is 0 Å². The average molecular weight is 333 g/mol. The van der Waals surface area contributed by atoms with E-state index in [0.717, 1.165) is 15.3 Å². The fourth-order valence-electron chi connectivity index (χ4n) is 2.03. The Morgan fingerprint density at radius 3 is 2.95 bits per heavy atom. The number of carbonyl (C=O) groups is 1. The maximum Gasteiger partial charge on any atom is 0.261 e. The van der Waals surface area contributed by atoms with E-state index in [1.165, 1.54) is 28.9 Å². The van der Waals surface area contributed by atoms with Gasteiger partial charge in [0.05, 0.1) is 17.7 Å². The molecular formula is C16H15NO3S2. The summed E-state index contributed by atoms with van der Waals surface area (Å²) in [5.41, 5.74) is 1.09. The van der Waals surface area contributed by atoms with Gasteiger partial charge in [0.1, 0.15) is 11.9 Å². The smallest absolute Gasteiger partial charge is 0.261 e. The molecule has 1 atom stereocenters. The maximum absolute atomic E-state index is 12.0. The number of thiophene rings is 2. The van der Waals surface area contributed by atoms with Crippen molar-refractivity contribution < 1.29 is 14.3 Å². The lowest BCUT2D eigenvalue weighted by molar-refractivity contribution is 0.0955. The van der Waals surface area contributed by atoms with Gasteiger partial charge in [-0.2, -0.15) is 0 Å². The normalized spacial score (nSPS) is 12.3. The summed E-state index contributed by atoms with van der Waals surface area (Å²) in [7, 11) is 0. The van der Waals surface area contributed by atoms with Crippen molar-refractivity contribution in [3.8, 4) is 0 Å². The molecule has 0 aromatic carbocycles. The van der Waals surface area contributed by atoms with Crippen molar-refractivity contribution in [1.29, 1.82) is 0 Å². The van der Waals surface area contributed by atoms with Gasteiger partial charge in [-0.25, -0.2) is 0 Å². The highest BCUT2D eigenvalue weighted by Gasteiger charge is 2.16. The molecule has 3 heterocycles. The molecule has 0 saturated heterocycles. The maximum atomic E-state index is 12.0. The quantitative estimate of drug-likeness (QED) is 0.748. The molecule has 0 spiro atoms. The number of nitrogens with one attached hydrogen (secondary N) is 1. The molecule has 1 amide bonds. The fraction of sp³-hybridized carbons (Fsp3) is 0.188. The molecular weight excluding hydrogens is 318 g/mol. The van der Waals surface area contributed by atoms with Crippen LogP contribution in [-0.2, 0) is 6.54 Å². The van der Waals surface area contributed by atoms with E-state index in [0.29, 0.717) is 17.2 Å². The van der Waals surface area contributed by atoms with Crippen molar-refractivity contribution in [2.45, 2.75) is 19.6 Å². The molecule has 3 aromatic heterocycles. The summed E-state index contributed by atoms with van der Waals surface area (Å²) < 4.78 is 5.21. The molecule has 4 nitrogen and oxygen atoms in total. The molecule has 6 heteroatoms. The first-order valence-electron chi connectivity index (χ1n) is 6.77. The van der Waals surface area contributed by atoms with Gasteiger partial charge in [0, 0.05) is 9.75 Å². The third-order valence-corrected chi connectivity index (χ3v) is 5.33. The van der Waals surface area contributed by atoms with Crippen LogP contribution in [-0.4, -0.2) is 11.0 Å². The van der Waals surface area contributed by atoms with E-state index >= 15 is 0 Å². The van der Waals surface area contributed by atoms with Crippen molar-refractivity contribution in [2.24, 2.45) is 0 Å². The molecule has 0 fully saturated rings. The second-order valence-electron chi connectivity index (χ2n) is 4.89. The lowest BCUT2D eigenvalue weighted by atomic mass is 10.2. The molecule has 0 aliphatic rings. The number of amides is 1. The minimum atomic E-state index is -0.760. The molecule has 2 N–H and O–H groups in total. The molecule has 0 saturated carbocycles. The Labute approximate surface area is 136 Å². The number of rotatable bonds is 5. The van der Waals surface area contributed by atoms with E-state index in [2.05, 4.69) is 5.32 Å². The fourth-order valence-corrected chi connectivity index (χ4v) is 3.79. The first-order chi connectivity index (χ1) is 10.6. The summed E-state index contributed by atoms with van der Waals surface area (Å²) in [6.07, 6.45) is 0.778. The molecule has 3 aromatic rings. The third kappa shape index (κ3) is 3.30. The van der Waals surface area contributed by atoms with E-state index in [1.807, 2.05) is 30.5 Å². The number of aliphatic hydroxyl groups excluding tert-OH is 1. The average Bonchev–Trinajstić information content (AvgIpc) is 3.25. The van der Waals surface area contributed by atoms with Crippen LogP contribution in [0.4, 0.5) is 0 Å².